The predicted molar refractivity (Wildman–Crippen MR) is 144 cm³/mol. The number of carbonyl (C=O) groups is 2. The Morgan fingerprint density at radius 3 is 2.63 bits per heavy atom. The summed E-state index contributed by atoms with van der Waals surface area (Å²) >= 11 is 0. The number of nitrogens with one attached hydrogen (secondary N) is 3. The molecule has 0 unspecified atom stereocenters. The van der Waals surface area contributed by atoms with Crippen molar-refractivity contribution in [1.82, 2.24) is 29.8 Å². The van der Waals surface area contributed by atoms with Crippen molar-refractivity contribution in [2.24, 2.45) is 0 Å². The second kappa shape index (κ2) is 11.2. The predicted octanol–water partition coefficient (Wildman–Crippen LogP) is 2.39. The van der Waals surface area contributed by atoms with Crippen LogP contribution < -0.4 is 21.7 Å². The molecular weight excluding hydrogens is 486 g/mol. The van der Waals surface area contributed by atoms with Crippen molar-refractivity contribution in [3.8, 4) is 11.1 Å². The largest absolute Gasteiger partial charge is 0.382 e. The lowest BCUT2D eigenvalue weighted by Crippen LogP contribution is -2.41. The molecule has 0 aliphatic carbocycles. The van der Waals surface area contributed by atoms with Crippen LogP contribution in [0, 0.1) is 6.92 Å². The zero-order valence-electron chi connectivity index (χ0n) is 21.0. The number of nitrogens with two attached hydrogens (primary N) is 1. The van der Waals surface area contributed by atoms with Gasteiger partial charge in [-0.1, -0.05) is 18.2 Å². The summed E-state index contributed by atoms with van der Waals surface area (Å²) in [5.74, 6) is 0.485. The van der Waals surface area contributed by atoms with E-state index in [0.29, 0.717) is 47.9 Å². The molecule has 5 rings (SSSR count). The second-order valence-corrected chi connectivity index (χ2v) is 8.89. The van der Waals surface area contributed by atoms with E-state index in [1.165, 1.54) is 6.33 Å². The fraction of sp³-hybridized carbons (Fsp3) is 0.269. The van der Waals surface area contributed by atoms with E-state index < -0.39 is 6.03 Å². The van der Waals surface area contributed by atoms with E-state index in [1.54, 1.807) is 28.9 Å². The molecule has 12 heteroatoms. The van der Waals surface area contributed by atoms with Gasteiger partial charge in [-0.25, -0.2) is 19.3 Å². The fourth-order valence-corrected chi connectivity index (χ4v) is 4.36. The third kappa shape index (κ3) is 5.71. The molecule has 3 amide bonds. The zero-order valence-corrected chi connectivity index (χ0v) is 21.0. The molecule has 38 heavy (non-hydrogen) atoms. The van der Waals surface area contributed by atoms with Crippen LogP contribution in [0.15, 0.2) is 55.0 Å². The molecule has 1 aliphatic rings. The Morgan fingerprint density at radius 1 is 1.08 bits per heavy atom. The van der Waals surface area contributed by atoms with E-state index in [4.69, 9.17) is 10.5 Å². The minimum Gasteiger partial charge on any atom is -0.382 e. The van der Waals surface area contributed by atoms with Crippen molar-refractivity contribution in [2.45, 2.75) is 6.92 Å². The number of anilines is 3. The number of hydrogen-bond acceptors (Lipinski definition) is 8. The van der Waals surface area contributed by atoms with Gasteiger partial charge in [-0.2, -0.15) is 5.10 Å². The number of morpholine rings is 1. The number of benzene rings is 1. The number of nitrogen functional groups attached to an aromatic ring is 1. The van der Waals surface area contributed by atoms with Crippen molar-refractivity contribution in [2.75, 3.05) is 55.8 Å². The molecule has 1 saturated heterocycles. The number of aryl methyl sites for hydroxylation is 1. The summed E-state index contributed by atoms with van der Waals surface area (Å²) in [6.07, 6.45) is 3.00. The van der Waals surface area contributed by atoms with Crippen LogP contribution in [0.5, 0.6) is 0 Å². The molecule has 5 N–H and O–H groups in total. The normalized spacial score (nSPS) is 13.8. The maximum absolute atomic E-state index is 13.2. The molecule has 0 atom stereocenters. The monoisotopic (exact) mass is 515 g/mol. The molecule has 12 nitrogen and oxygen atoms in total. The average Bonchev–Trinajstić information content (AvgIpc) is 3.31. The summed E-state index contributed by atoms with van der Waals surface area (Å²) < 4.78 is 6.94. The summed E-state index contributed by atoms with van der Waals surface area (Å²) in [6.45, 7) is 6.20. The van der Waals surface area contributed by atoms with Gasteiger partial charge in [-0.15, -0.1) is 0 Å². The number of amides is 3. The van der Waals surface area contributed by atoms with Crippen molar-refractivity contribution >= 4 is 34.8 Å². The average molecular weight is 516 g/mol. The number of hydrogen-bond donors (Lipinski definition) is 4. The van der Waals surface area contributed by atoms with Gasteiger partial charge >= 0.3 is 6.03 Å². The van der Waals surface area contributed by atoms with Crippen LogP contribution in [-0.4, -0.2) is 75.8 Å². The molecule has 0 saturated carbocycles. The van der Waals surface area contributed by atoms with Crippen LogP contribution >= 0.6 is 0 Å². The van der Waals surface area contributed by atoms with Gasteiger partial charge < -0.3 is 21.1 Å². The molecule has 4 aromatic rings. The molecule has 0 radical (unpaired) electrons. The Kier molecular flexibility index (Phi) is 7.43. The van der Waals surface area contributed by atoms with Crippen LogP contribution in [0.4, 0.5) is 22.1 Å². The fourth-order valence-electron chi connectivity index (χ4n) is 4.36. The minimum atomic E-state index is -0.414. The number of nitrogens with zero attached hydrogens (tertiary/aromatic N) is 5. The van der Waals surface area contributed by atoms with Crippen LogP contribution in [0.3, 0.4) is 0 Å². The lowest BCUT2D eigenvalue weighted by atomic mass is 10.0. The maximum atomic E-state index is 13.2. The quantitative estimate of drug-likeness (QED) is 0.293. The maximum Gasteiger partial charge on any atom is 0.324 e. The van der Waals surface area contributed by atoms with Crippen LogP contribution in [0.1, 0.15) is 16.1 Å². The highest BCUT2D eigenvalue weighted by Gasteiger charge is 2.22. The van der Waals surface area contributed by atoms with Gasteiger partial charge in [0.25, 0.3) is 5.91 Å². The second-order valence-electron chi connectivity index (χ2n) is 8.89. The topological polar surface area (TPSA) is 152 Å². The molecule has 1 fully saturated rings. The van der Waals surface area contributed by atoms with Gasteiger partial charge in [-0.05, 0) is 36.8 Å². The van der Waals surface area contributed by atoms with Crippen LogP contribution in [0.2, 0.25) is 0 Å². The number of ether oxygens (including phenoxy) is 1. The number of aromatic nitrogens is 4. The number of carbonyl (C=O) groups excluding carboxylic acids is 2. The van der Waals surface area contributed by atoms with E-state index in [0.717, 1.165) is 30.9 Å². The first-order chi connectivity index (χ1) is 18.5. The third-order valence-electron chi connectivity index (χ3n) is 6.23. The first kappa shape index (κ1) is 25.1. The highest BCUT2D eigenvalue weighted by Crippen LogP contribution is 2.33. The van der Waals surface area contributed by atoms with E-state index >= 15 is 0 Å². The third-order valence-corrected chi connectivity index (χ3v) is 6.23. The molecule has 1 aromatic carbocycles. The first-order valence-corrected chi connectivity index (χ1v) is 12.3. The summed E-state index contributed by atoms with van der Waals surface area (Å²) in [5.41, 5.74) is 9.89. The number of urea groups is 1. The van der Waals surface area contributed by atoms with Crippen molar-refractivity contribution < 1.29 is 14.3 Å². The number of rotatable bonds is 7. The SMILES string of the molecule is Cc1cccc(NC(=O)Nc2ccc(-c3c(C(=O)NCCN4CCOCC4)cn4ncnc(N)c34)cc2)n1. The Morgan fingerprint density at radius 2 is 1.87 bits per heavy atom. The van der Waals surface area contributed by atoms with E-state index in [-0.39, 0.29) is 11.7 Å². The molecular formula is C26H29N9O3. The molecule has 0 bridgehead atoms. The summed E-state index contributed by atoms with van der Waals surface area (Å²) in [7, 11) is 0. The van der Waals surface area contributed by atoms with E-state index in [1.807, 2.05) is 31.2 Å². The van der Waals surface area contributed by atoms with Gasteiger partial charge in [-0.3, -0.25) is 15.0 Å². The number of fused-ring (bicyclic) bond motifs is 1. The minimum absolute atomic E-state index is 0.231. The smallest absolute Gasteiger partial charge is 0.324 e. The lowest BCUT2D eigenvalue weighted by Gasteiger charge is -2.26. The number of pyridine rings is 1. The van der Waals surface area contributed by atoms with Gasteiger partial charge in [0.05, 0.1) is 18.8 Å². The summed E-state index contributed by atoms with van der Waals surface area (Å²) in [5, 5.41) is 12.7. The summed E-state index contributed by atoms with van der Waals surface area (Å²) in [6, 6.07) is 12.1. The van der Waals surface area contributed by atoms with Crippen LogP contribution in [-0.2, 0) is 4.74 Å². The molecule has 1 aliphatic heterocycles. The summed E-state index contributed by atoms with van der Waals surface area (Å²) in [4.78, 5) is 36.3. The van der Waals surface area contributed by atoms with Gasteiger partial charge in [0.15, 0.2) is 5.82 Å². The van der Waals surface area contributed by atoms with E-state index in [2.05, 4.69) is 35.9 Å². The van der Waals surface area contributed by atoms with Gasteiger partial charge in [0.1, 0.15) is 17.7 Å². The van der Waals surface area contributed by atoms with Crippen LogP contribution in [0.25, 0.3) is 16.6 Å². The Bertz CT molecular complexity index is 1450. The van der Waals surface area contributed by atoms with Crippen molar-refractivity contribution in [3.05, 3.63) is 66.2 Å². The van der Waals surface area contributed by atoms with Crippen molar-refractivity contribution in [3.63, 3.8) is 0 Å². The lowest BCUT2D eigenvalue weighted by molar-refractivity contribution is 0.0383. The van der Waals surface area contributed by atoms with Crippen molar-refractivity contribution in [1.29, 1.82) is 0 Å². The Balaban J connectivity index is 1.34. The van der Waals surface area contributed by atoms with E-state index in [9.17, 15) is 9.59 Å². The molecule has 196 valence electrons. The molecule has 4 heterocycles. The standard InChI is InChI=1S/C26H29N9O3/c1-17-3-2-4-21(31-17)33-26(37)32-19-7-5-18(6-8-19)22-20(15-35-23(22)24(27)29-16-30-35)25(36)28-9-10-34-11-13-38-14-12-34/h2-8,15-16H,9-14H2,1H3,(H,28,36)(H2,27,29,30)(H2,31,32,33,37). The highest BCUT2D eigenvalue weighted by molar-refractivity contribution is 6.07. The highest BCUT2D eigenvalue weighted by atomic mass is 16.5. The molecule has 3 aromatic heterocycles. The molecule has 0 spiro atoms. The first-order valence-electron chi connectivity index (χ1n) is 12.3. The van der Waals surface area contributed by atoms with Gasteiger partial charge in [0.2, 0.25) is 0 Å². The Labute approximate surface area is 219 Å². The zero-order chi connectivity index (χ0) is 26.5. The Hall–Kier alpha value is -4.55. The van der Waals surface area contributed by atoms with Gasteiger partial charge in [0, 0.05) is 49.3 Å².